The molecular formula is C9H12O3. The molecule has 2 rings (SSSR count). The summed E-state index contributed by atoms with van der Waals surface area (Å²) >= 11 is 0. The van der Waals surface area contributed by atoms with Gasteiger partial charge in [-0.3, -0.25) is 4.79 Å². The molecule has 0 unspecified atom stereocenters. The molecule has 3 atom stereocenters. The van der Waals surface area contributed by atoms with Gasteiger partial charge in [-0.1, -0.05) is 6.08 Å². The van der Waals surface area contributed by atoms with Crippen molar-refractivity contribution in [1.82, 2.24) is 0 Å². The van der Waals surface area contributed by atoms with Crippen molar-refractivity contribution >= 4 is 5.97 Å². The normalized spacial score (nSPS) is 38.4. The predicted octanol–water partition coefficient (Wildman–Crippen LogP) is 0.751. The first kappa shape index (κ1) is 7.80. The first-order chi connectivity index (χ1) is 5.81. The molecule has 0 saturated carbocycles. The number of carbonyl (C=O) groups is 1. The second-order valence-corrected chi connectivity index (χ2v) is 3.33. The van der Waals surface area contributed by atoms with Crippen LogP contribution in [0.25, 0.3) is 0 Å². The summed E-state index contributed by atoms with van der Waals surface area (Å²) < 4.78 is 10.2. The molecule has 2 bridgehead atoms. The number of fused-ring (bicyclic) bond motifs is 2. The Hall–Kier alpha value is -0.830. The standard InChI is InChI=1S/C9H12O3/c1-11-5-7-6-2-3-8(7)12-9(10)4-6/h2-3,6-8H,4-5H2,1H3/t6-,7-,8-/m1/s1. The van der Waals surface area contributed by atoms with E-state index in [1.807, 2.05) is 6.08 Å². The summed E-state index contributed by atoms with van der Waals surface area (Å²) in [5.41, 5.74) is 0. The zero-order chi connectivity index (χ0) is 8.55. The number of rotatable bonds is 2. The first-order valence-corrected chi connectivity index (χ1v) is 4.18. The second-order valence-electron chi connectivity index (χ2n) is 3.33. The van der Waals surface area contributed by atoms with Crippen molar-refractivity contribution in [3.05, 3.63) is 12.2 Å². The summed E-state index contributed by atoms with van der Waals surface area (Å²) in [4.78, 5) is 11.0. The Balaban J connectivity index is 2.07. The maximum atomic E-state index is 11.0. The van der Waals surface area contributed by atoms with Crippen LogP contribution in [0.1, 0.15) is 6.42 Å². The van der Waals surface area contributed by atoms with Crippen LogP contribution in [0.4, 0.5) is 0 Å². The van der Waals surface area contributed by atoms with Crippen molar-refractivity contribution in [3.63, 3.8) is 0 Å². The zero-order valence-corrected chi connectivity index (χ0v) is 7.03. The van der Waals surface area contributed by atoms with E-state index in [1.54, 1.807) is 7.11 Å². The molecule has 3 heteroatoms. The van der Waals surface area contributed by atoms with Crippen LogP contribution in [0.5, 0.6) is 0 Å². The molecule has 0 aromatic carbocycles. The third-order valence-corrected chi connectivity index (χ3v) is 2.55. The zero-order valence-electron chi connectivity index (χ0n) is 7.03. The molecule has 66 valence electrons. The van der Waals surface area contributed by atoms with Gasteiger partial charge in [0.25, 0.3) is 0 Å². The summed E-state index contributed by atoms with van der Waals surface area (Å²) in [6.45, 7) is 0.676. The third kappa shape index (κ3) is 1.14. The quantitative estimate of drug-likeness (QED) is 0.451. The smallest absolute Gasteiger partial charge is 0.306 e. The van der Waals surface area contributed by atoms with E-state index in [2.05, 4.69) is 6.08 Å². The molecule has 1 saturated heterocycles. The Morgan fingerprint density at radius 1 is 1.67 bits per heavy atom. The molecule has 1 fully saturated rings. The van der Waals surface area contributed by atoms with Crippen LogP contribution in [0.2, 0.25) is 0 Å². The van der Waals surface area contributed by atoms with Gasteiger partial charge in [0.05, 0.1) is 13.0 Å². The summed E-state index contributed by atoms with van der Waals surface area (Å²) in [6, 6.07) is 0. The Kier molecular flexibility index (Phi) is 1.89. The van der Waals surface area contributed by atoms with Gasteiger partial charge in [-0.25, -0.2) is 0 Å². The van der Waals surface area contributed by atoms with Gasteiger partial charge in [-0.05, 0) is 12.0 Å². The fraction of sp³-hybridized carbons (Fsp3) is 0.667. The molecule has 0 aromatic rings. The van der Waals surface area contributed by atoms with E-state index in [4.69, 9.17) is 9.47 Å². The van der Waals surface area contributed by atoms with E-state index < -0.39 is 0 Å². The molecule has 0 aromatic heterocycles. The van der Waals surface area contributed by atoms with E-state index in [0.717, 1.165) is 0 Å². The molecule has 12 heavy (non-hydrogen) atoms. The van der Waals surface area contributed by atoms with Crippen LogP contribution in [-0.2, 0) is 14.3 Å². The number of allylic oxidation sites excluding steroid dienone is 1. The molecule has 2 aliphatic rings. The predicted molar refractivity (Wildman–Crippen MR) is 42.5 cm³/mol. The average Bonchev–Trinajstić information content (AvgIpc) is 2.32. The Morgan fingerprint density at radius 3 is 3.17 bits per heavy atom. The van der Waals surface area contributed by atoms with Gasteiger partial charge in [0.2, 0.25) is 0 Å². The molecule has 1 aliphatic carbocycles. The van der Waals surface area contributed by atoms with Gasteiger partial charge >= 0.3 is 5.97 Å². The van der Waals surface area contributed by atoms with E-state index in [0.29, 0.717) is 24.9 Å². The fourth-order valence-corrected chi connectivity index (χ4v) is 1.93. The van der Waals surface area contributed by atoms with Crippen LogP contribution in [-0.4, -0.2) is 25.8 Å². The van der Waals surface area contributed by atoms with Crippen molar-refractivity contribution in [2.45, 2.75) is 12.5 Å². The lowest BCUT2D eigenvalue weighted by molar-refractivity contribution is -0.157. The maximum Gasteiger partial charge on any atom is 0.306 e. The van der Waals surface area contributed by atoms with Crippen LogP contribution >= 0.6 is 0 Å². The van der Waals surface area contributed by atoms with Crippen molar-refractivity contribution in [2.75, 3.05) is 13.7 Å². The first-order valence-electron chi connectivity index (χ1n) is 4.18. The van der Waals surface area contributed by atoms with Gasteiger partial charge in [0.15, 0.2) is 0 Å². The topological polar surface area (TPSA) is 35.5 Å². The molecule has 3 nitrogen and oxygen atoms in total. The molecule has 1 heterocycles. The number of methoxy groups -OCH3 is 1. The summed E-state index contributed by atoms with van der Waals surface area (Å²) in [5.74, 6) is 0.617. The Bertz CT molecular complexity index is 204. The largest absolute Gasteiger partial charge is 0.458 e. The van der Waals surface area contributed by atoms with Crippen LogP contribution in [0.3, 0.4) is 0 Å². The number of hydrogen-bond donors (Lipinski definition) is 0. The van der Waals surface area contributed by atoms with Crippen LogP contribution in [0.15, 0.2) is 12.2 Å². The average molecular weight is 168 g/mol. The van der Waals surface area contributed by atoms with Crippen molar-refractivity contribution < 1.29 is 14.3 Å². The third-order valence-electron chi connectivity index (χ3n) is 2.55. The van der Waals surface area contributed by atoms with Crippen molar-refractivity contribution in [1.29, 1.82) is 0 Å². The summed E-state index contributed by atoms with van der Waals surface area (Å²) in [7, 11) is 1.68. The molecule has 0 radical (unpaired) electrons. The van der Waals surface area contributed by atoms with Crippen molar-refractivity contribution in [2.24, 2.45) is 11.8 Å². The summed E-state index contributed by atoms with van der Waals surface area (Å²) in [5, 5.41) is 0. The highest BCUT2D eigenvalue weighted by molar-refractivity contribution is 5.72. The lowest BCUT2D eigenvalue weighted by Crippen LogP contribution is -2.35. The van der Waals surface area contributed by atoms with Crippen molar-refractivity contribution in [3.8, 4) is 0 Å². The van der Waals surface area contributed by atoms with Crippen LogP contribution in [0, 0.1) is 11.8 Å². The Labute approximate surface area is 71.3 Å². The number of esters is 1. The minimum absolute atomic E-state index is 0.0313. The van der Waals surface area contributed by atoms with Gasteiger partial charge in [0, 0.05) is 13.0 Å². The van der Waals surface area contributed by atoms with E-state index in [1.165, 1.54) is 0 Å². The fourth-order valence-electron chi connectivity index (χ4n) is 1.93. The lowest BCUT2D eigenvalue weighted by Gasteiger charge is -2.28. The van der Waals surface area contributed by atoms with Crippen LogP contribution < -0.4 is 0 Å². The highest BCUT2D eigenvalue weighted by Crippen LogP contribution is 2.35. The van der Waals surface area contributed by atoms with Gasteiger partial charge in [0.1, 0.15) is 6.10 Å². The number of ether oxygens (including phenoxy) is 2. The van der Waals surface area contributed by atoms with Gasteiger partial charge in [-0.15, -0.1) is 0 Å². The molecule has 0 N–H and O–H groups in total. The maximum absolute atomic E-state index is 11.0. The van der Waals surface area contributed by atoms with Gasteiger partial charge in [-0.2, -0.15) is 0 Å². The monoisotopic (exact) mass is 168 g/mol. The lowest BCUT2D eigenvalue weighted by atomic mass is 9.90. The van der Waals surface area contributed by atoms with E-state index >= 15 is 0 Å². The minimum Gasteiger partial charge on any atom is -0.458 e. The minimum atomic E-state index is -0.0812. The van der Waals surface area contributed by atoms with E-state index in [9.17, 15) is 4.79 Å². The number of carbonyl (C=O) groups excluding carboxylic acids is 1. The molecule has 1 aliphatic heterocycles. The molecule has 0 amide bonds. The molecular weight excluding hydrogens is 156 g/mol. The summed E-state index contributed by atoms with van der Waals surface area (Å²) in [6.07, 6.45) is 4.52. The molecule has 0 spiro atoms. The van der Waals surface area contributed by atoms with E-state index in [-0.39, 0.29) is 12.1 Å². The highest BCUT2D eigenvalue weighted by atomic mass is 16.5. The SMILES string of the molecule is COC[C@@H]1[C@@H]2C=C[C@H]1OC(=O)C2. The van der Waals surface area contributed by atoms with Gasteiger partial charge < -0.3 is 9.47 Å². The Morgan fingerprint density at radius 2 is 2.50 bits per heavy atom. The number of hydrogen-bond acceptors (Lipinski definition) is 3. The second kappa shape index (κ2) is 2.90. The highest BCUT2D eigenvalue weighted by Gasteiger charge is 2.39.